The summed E-state index contributed by atoms with van der Waals surface area (Å²) >= 11 is 0. The molecule has 0 radical (unpaired) electrons. The second kappa shape index (κ2) is 5.23. The highest BCUT2D eigenvalue weighted by Crippen LogP contribution is 2.41. The summed E-state index contributed by atoms with van der Waals surface area (Å²) in [5, 5.41) is 0. The maximum Gasteiger partial charge on any atom is 0.183 e. The highest BCUT2D eigenvalue weighted by Gasteiger charge is 2.37. The summed E-state index contributed by atoms with van der Waals surface area (Å²) < 4.78 is 5.94. The van der Waals surface area contributed by atoms with Gasteiger partial charge in [0.1, 0.15) is 5.78 Å². The van der Waals surface area contributed by atoms with Gasteiger partial charge in [0.15, 0.2) is 8.32 Å². The zero-order chi connectivity index (χ0) is 12.5. The summed E-state index contributed by atoms with van der Waals surface area (Å²) in [6.07, 6.45) is 7.29. The topological polar surface area (TPSA) is 26.3 Å². The van der Waals surface area contributed by atoms with Gasteiger partial charge in [-0.05, 0) is 44.3 Å². The van der Waals surface area contributed by atoms with Crippen LogP contribution in [0.4, 0.5) is 0 Å². The first-order chi connectivity index (χ1) is 7.96. The van der Waals surface area contributed by atoms with E-state index in [1.54, 1.807) is 0 Å². The standard InChI is InChI=1S/C14H26O2Si/c1-17(2,3)16-10-13-8-11-6-4-5-7-12(11)9-14(13)15/h11-13H,4-10H2,1-3H3. The molecule has 0 N–H and O–H groups in total. The molecule has 2 saturated carbocycles. The van der Waals surface area contributed by atoms with E-state index in [2.05, 4.69) is 19.6 Å². The van der Waals surface area contributed by atoms with Gasteiger partial charge in [-0.3, -0.25) is 4.79 Å². The largest absolute Gasteiger partial charge is 0.417 e. The molecule has 17 heavy (non-hydrogen) atoms. The minimum Gasteiger partial charge on any atom is -0.417 e. The van der Waals surface area contributed by atoms with E-state index in [9.17, 15) is 4.79 Å². The Morgan fingerprint density at radius 3 is 2.47 bits per heavy atom. The lowest BCUT2D eigenvalue weighted by molar-refractivity contribution is -0.129. The van der Waals surface area contributed by atoms with Crippen LogP contribution in [0.15, 0.2) is 0 Å². The Kier molecular flexibility index (Phi) is 4.09. The molecule has 0 aliphatic heterocycles. The van der Waals surface area contributed by atoms with Crippen molar-refractivity contribution in [1.82, 2.24) is 0 Å². The number of ketones is 1. The highest BCUT2D eigenvalue weighted by molar-refractivity contribution is 6.69. The molecule has 2 rings (SSSR count). The molecule has 0 saturated heterocycles. The summed E-state index contributed by atoms with van der Waals surface area (Å²) in [5.41, 5.74) is 0. The van der Waals surface area contributed by atoms with E-state index in [0.29, 0.717) is 18.3 Å². The Labute approximate surface area is 106 Å². The molecular formula is C14H26O2Si. The van der Waals surface area contributed by atoms with Crippen LogP contribution in [-0.2, 0) is 9.22 Å². The van der Waals surface area contributed by atoms with Gasteiger partial charge in [-0.15, -0.1) is 0 Å². The van der Waals surface area contributed by atoms with Crippen molar-refractivity contribution in [3.8, 4) is 0 Å². The number of carbonyl (C=O) groups is 1. The van der Waals surface area contributed by atoms with E-state index >= 15 is 0 Å². The van der Waals surface area contributed by atoms with Crippen LogP contribution in [-0.4, -0.2) is 20.7 Å². The second-order valence-corrected chi connectivity index (χ2v) is 11.3. The van der Waals surface area contributed by atoms with Crippen molar-refractivity contribution in [2.45, 2.75) is 58.2 Å². The Balaban J connectivity index is 1.88. The van der Waals surface area contributed by atoms with Gasteiger partial charge in [0.05, 0.1) is 0 Å². The third-order valence-corrected chi connectivity index (χ3v) is 5.32. The molecule has 0 bridgehead atoms. The third-order valence-electron chi connectivity index (χ3n) is 4.29. The highest BCUT2D eigenvalue weighted by atomic mass is 28.4. The molecule has 0 amide bonds. The number of hydrogen-bond acceptors (Lipinski definition) is 2. The van der Waals surface area contributed by atoms with Crippen LogP contribution >= 0.6 is 0 Å². The fraction of sp³-hybridized carbons (Fsp3) is 0.929. The number of Topliss-reactive ketones (excluding diaryl/α,β-unsaturated/α-hetero) is 1. The first-order valence-electron chi connectivity index (χ1n) is 7.12. The number of fused-ring (bicyclic) bond motifs is 1. The molecule has 0 heterocycles. The van der Waals surface area contributed by atoms with Crippen molar-refractivity contribution in [2.24, 2.45) is 17.8 Å². The maximum atomic E-state index is 12.1. The molecule has 2 aliphatic rings. The van der Waals surface area contributed by atoms with Gasteiger partial charge in [-0.2, -0.15) is 0 Å². The van der Waals surface area contributed by atoms with Gasteiger partial charge in [-0.25, -0.2) is 0 Å². The van der Waals surface area contributed by atoms with Gasteiger partial charge in [0, 0.05) is 18.9 Å². The molecule has 3 atom stereocenters. The van der Waals surface area contributed by atoms with E-state index in [1.807, 2.05) is 0 Å². The summed E-state index contributed by atoms with van der Waals surface area (Å²) in [6.45, 7) is 7.29. The average Bonchev–Trinajstić information content (AvgIpc) is 2.25. The zero-order valence-electron chi connectivity index (χ0n) is 11.5. The van der Waals surface area contributed by atoms with Crippen LogP contribution in [0.1, 0.15) is 38.5 Å². The molecule has 2 nitrogen and oxygen atoms in total. The molecule has 3 heteroatoms. The van der Waals surface area contributed by atoms with Crippen LogP contribution in [0.2, 0.25) is 19.6 Å². The van der Waals surface area contributed by atoms with Crippen molar-refractivity contribution in [3.63, 3.8) is 0 Å². The van der Waals surface area contributed by atoms with Crippen molar-refractivity contribution in [3.05, 3.63) is 0 Å². The normalized spacial score (nSPS) is 34.5. The predicted octanol–water partition coefficient (Wildman–Crippen LogP) is 3.62. The fourth-order valence-corrected chi connectivity index (χ4v) is 4.00. The second-order valence-electron chi connectivity index (χ2n) is 6.83. The molecule has 2 fully saturated rings. The molecule has 3 unspecified atom stereocenters. The van der Waals surface area contributed by atoms with Gasteiger partial charge in [-0.1, -0.05) is 19.3 Å². The maximum absolute atomic E-state index is 12.1. The van der Waals surface area contributed by atoms with E-state index in [1.165, 1.54) is 25.7 Å². The molecule has 0 spiro atoms. The molecule has 98 valence electrons. The van der Waals surface area contributed by atoms with Crippen LogP contribution in [0.5, 0.6) is 0 Å². The van der Waals surface area contributed by atoms with Gasteiger partial charge >= 0.3 is 0 Å². The number of rotatable bonds is 3. The number of hydrogen-bond donors (Lipinski definition) is 0. The van der Waals surface area contributed by atoms with Crippen LogP contribution in [0.3, 0.4) is 0 Å². The Bertz CT molecular complexity index is 282. The minimum atomic E-state index is -1.47. The summed E-state index contributed by atoms with van der Waals surface area (Å²) in [7, 11) is -1.47. The van der Waals surface area contributed by atoms with Crippen LogP contribution in [0, 0.1) is 17.8 Å². The van der Waals surface area contributed by atoms with Crippen molar-refractivity contribution in [1.29, 1.82) is 0 Å². The molecule has 2 aliphatic carbocycles. The average molecular weight is 254 g/mol. The minimum absolute atomic E-state index is 0.209. The molecular weight excluding hydrogens is 228 g/mol. The van der Waals surface area contributed by atoms with Crippen molar-refractivity contribution in [2.75, 3.05) is 6.61 Å². The van der Waals surface area contributed by atoms with Gasteiger partial charge in [0.2, 0.25) is 0 Å². The summed E-state index contributed by atoms with van der Waals surface area (Å²) in [4.78, 5) is 12.1. The first kappa shape index (κ1) is 13.3. The van der Waals surface area contributed by atoms with E-state index in [4.69, 9.17) is 4.43 Å². The summed E-state index contributed by atoms with van der Waals surface area (Å²) in [5.74, 6) is 2.21. The Hall–Kier alpha value is -0.153. The number of carbonyl (C=O) groups excluding carboxylic acids is 1. The van der Waals surface area contributed by atoms with Crippen LogP contribution in [0.25, 0.3) is 0 Å². The van der Waals surface area contributed by atoms with Crippen molar-refractivity contribution < 1.29 is 9.22 Å². The van der Waals surface area contributed by atoms with Gasteiger partial charge in [0.25, 0.3) is 0 Å². The van der Waals surface area contributed by atoms with Crippen molar-refractivity contribution >= 4 is 14.1 Å². The van der Waals surface area contributed by atoms with Crippen LogP contribution < -0.4 is 0 Å². The van der Waals surface area contributed by atoms with E-state index < -0.39 is 8.32 Å². The Morgan fingerprint density at radius 2 is 1.82 bits per heavy atom. The van der Waals surface area contributed by atoms with E-state index in [0.717, 1.165) is 18.8 Å². The zero-order valence-corrected chi connectivity index (χ0v) is 12.5. The quantitative estimate of drug-likeness (QED) is 0.719. The predicted molar refractivity (Wildman–Crippen MR) is 72.5 cm³/mol. The summed E-state index contributed by atoms with van der Waals surface area (Å²) in [6, 6.07) is 0. The van der Waals surface area contributed by atoms with E-state index in [-0.39, 0.29) is 5.92 Å². The lowest BCUT2D eigenvalue weighted by Crippen LogP contribution is -2.38. The lowest BCUT2D eigenvalue weighted by atomic mass is 9.67. The smallest absolute Gasteiger partial charge is 0.183 e. The third kappa shape index (κ3) is 3.65. The Morgan fingerprint density at radius 1 is 1.18 bits per heavy atom. The van der Waals surface area contributed by atoms with Gasteiger partial charge < -0.3 is 4.43 Å². The first-order valence-corrected chi connectivity index (χ1v) is 10.5. The lowest BCUT2D eigenvalue weighted by Gasteiger charge is -2.38. The SMILES string of the molecule is C[Si](C)(C)OCC1CC2CCCCC2CC1=O. The molecule has 0 aromatic carbocycles. The monoisotopic (exact) mass is 254 g/mol. The molecule has 0 aromatic heterocycles. The molecule has 0 aromatic rings. The fourth-order valence-electron chi connectivity index (χ4n) is 3.30.